The molecule has 0 spiro atoms. The Morgan fingerprint density at radius 2 is 1.57 bits per heavy atom. The van der Waals surface area contributed by atoms with Gasteiger partial charge in [-0.15, -0.1) is 0 Å². The van der Waals surface area contributed by atoms with Crippen LogP contribution in [-0.2, 0) is 18.4 Å². The van der Waals surface area contributed by atoms with Gasteiger partial charge in [-0.05, 0) is 60.2 Å². The second-order valence-electron chi connectivity index (χ2n) is 11.3. The molecular weight excluding hydrogens is 530 g/mol. The van der Waals surface area contributed by atoms with Gasteiger partial charge in [-0.1, -0.05) is 51.5 Å². The monoisotopic (exact) mass is 573 g/mol. The van der Waals surface area contributed by atoms with Gasteiger partial charge in [0.1, 0.15) is 18.2 Å². The van der Waals surface area contributed by atoms with Crippen LogP contribution in [0.2, 0.25) is 0 Å². The number of benzene rings is 3. The van der Waals surface area contributed by atoms with Crippen LogP contribution in [0.1, 0.15) is 61.8 Å². The van der Waals surface area contributed by atoms with E-state index < -0.39 is 0 Å². The molecule has 3 aromatic carbocycles. The average molecular weight is 574 g/mol. The highest BCUT2D eigenvalue weighted by Gasteiger charge is 2.17. The topological polar surface area (TPSA) is 83.8 Å². The summed E-state index contributed by atoms with van der Waals surface area (Å²) in [4.78, 5) is 17.7. The number of rotatable bonds is 14. The van der Waals surface area contributed by atoms with Crippen LogP contribution in [0.4, 0.5) is 0 Å². The first-order valence-electron chi connectivity index (χ1n) is 14.5. The van der Waals surface area contributed by atoms with Gasteiger partial charge in [0.05, 0.1) is 38.9 Å². The molecule has 1 amide bonds. The third-order valence-electron chi connectivity index (χ3n) is 7.33. The maximum Gasteiger partial charge on any atom is 0.251 e. The average Bonchev–Trinajstić information content (AvgIpc) is 3.34. The normalized spacial score (nSPS) is 11.4. The molecule has 4 aromatic rings. The lowest BCUT2D eigenvalue weighted by Gasteiger charge is -2.19. The number of hydrogen-bond donors (Lipinski definition) is 1. The Morgan fingerprint density at radius 1 is 0.881 bits per heavy atom. The summed E-state index contributed by atoms with van der Waals surface area (Å²) in [5, 5.41) is 3.00. The highest BCUT2D eigenvalue weighted by Crippen LogP contribution is 2.38. The highest BCUT2D eigenvalue weighted by atomic mass is 16.5. The molecule has 0 aliphatic rings. The number of ether oxygens (including phenoxy) is 4. The van der Waals surface area contributed by atoms with Gasteiger partial charge in [0.2, 0.25) is 5.75 Å². The van der Waals surface area contributed by atoms with Gasteiger partial charge in [-0.2, -0.15) is 0 Å². The van der Waals surface area contributed by atoms with Crippen molar-refractivity contribution in [1.82, 2.24) is 14.9 Å². The largest absolute Gasteiger partial charge is 0.493 e. The zero-order valence-electron chi connectivity index (χ0n) is 25.7. The zero-order valence-corrected chi connectivity index (χ0v) is 25.7. The van der Waals surface area contributed by atoms with Crippen LogP contribution in [0.15, 0.2) is 60.7 Å². The number of imidazole rings is 1. The van der Waals surface area contributed by atoms with Crippen LogP contribution in [0, 0.1) is 0 Å². The maximum atomic E-state index is 12.8. The van der Waals surface area contributed by atoms with Gasteiger partial charge < -0.3 is 28.8 Å². The van der Waals surface area contributed by atoms with E-state index in [1.165, 1.54) is 26.9 Å². The Balaban J connectivity index is 1.28. The Morgan fingerprint density at radius 3 is 2.21 bits per heavy atom. The number of para-hydroxylation sites is 2. The Hall–Kier alpha value is -4.20. The fourth-order valence-corrected chi connectivity index (χ4v) is 4.97. The first-order valence-corrected chi connectivity index (χ1v) is 14.5. The molecule has 1 aromatic heterocycles. The van der Waals surface area contributed by atoms with Crippen molar-refractivity contribution in [3.8, 4) is 23.0 Å². The van der Waals surface area contributed by atoms with Gasteiger partial charge in [-0.25, -0.2) is 4.98 Å². The zero-order chi connectivity index (χ0) is 30.1. The van der Waals surface area contributed by atoms with E-state index in [-0.39, 0.29) is 11.3 Å². The molecule has 0 radical (unpaired) electrons. The fourth-order valence-electron chi connectivity index (χ4n) is 4.97. The van der Waals surface area contributed by atoms with Crippen molar-refractivity contribution in [1.29, 1.82) is 0 Å². The molecule has 8 nitrogen and oxygen atoms in total. The quantitative estimate of drug-likeness (QED) is 0.172. The number of methoxy groups -OCH3 is 3. The maximum absolute atomic E-state index is 12.8. The SMILES string of the molecule is COc1cc(C(=O)NCCCCCc2nc3ccccc3n2CCOc2ccc(C(C)(C)C)cc2)cc(OC)c1OC. The minimum absolute atomic E-state index is 0.119. The Labute approximate surface area is 249 Å². The Kier molecular flexibility index (Phi) is 10.3. The van der Waals surface area contributed by atoms with Crippen molar-refractivity contribution >= 4 is 16.9 Å². The van der Waals surface area contributed by atoms with Crippen molar-refractivity contribution in [3.05, 3.63) is 77.6 Å². The summed E-state index contributed by atoms with van der Waals surface area (Å²) in [7, 11) is 4.60. The molecule has 1 N–H and O–H groups in total. The second-order valence-corrected chi connectivity index (χ2v) is 11.3. The second kappa shape index (κ2) is 14.1. The number of amides is 1. The number of fused-ring (bicyclic) bond motifs is 1. The molecule has 0 fully saturated rings. The number of aryl methyl sites for hydroxylation is 1. The van der Waals surface area contributed by atoms with E-state index >= 15 is 0 Å². The van der Waals surface area contributed by atoms with Crippen LogP contribution >= 0.6 is 0 Å². The number of aromatic nitrogens is 2. The lowest BCUT2D eigenvalue weighted by atomic mass is 9.87. The smallest absolute Gasteiger partial charge is 0.251 e. The van der Waals surface area contributed by atoms with E-state index in [0.29, 0.717) is 36.0 Å². The van der Waals surface area contributed by atoms with Gasteiger partial charge in [0.25, 0.3) is 5.91 Å². The molecule has 1 heterocycles. The minimum Gasteiger partial charge on any atom is -0.493 e. The van der Waals surface area contributed by atoms with Crippen molar-refractivity contribution in [2.45, 2.75) is 58.4 Å². The molecule has 0 aliphatic carbocycles. The molecule has 42 heavy (non-hydrogen) atoms. The molecule has 4 rings (SSSR count). The molecule has 0 saturated heterocycles. The lowest BCUT2D eigenvalue weighted by molar-refractivity contribution is 0.0952. The first-order chi connectivity index (χ1) is 20.2. The standard InChI is InChI=1S/C34H43N3O5/c1-34(2,3)25-15-17-26(18-16-25)42-21-20-37-28-13-10-9-12-27(28)36-31(37)14-8-7-11-19-35-33(38)24-22-29(39-4)32(41-6)30(23-24)40-5/h9-10,12-13,15-18,22-23H,7-8,11,14,19-21H2,1-6H3,(H,35,38). The molecule has 0 atom stereocenters. The number of nitrogens with zero attached hydrogens (tertiary/aromatic N) is 2. The molecular formula is C34H43N3O5. The fraction of sp³-hybridized carbons (Fsp3) is 0.412. The number of carbonyl (C=O) groups is 1. The number of hydrogen-bond acceptors (Lipinski definition) is 6. The van der Waals surface area contributed by atoms with Crippen molar-refractivity contribution in [2.75, 3.05) is 34.5 Å². The van der Waals surface area contributed by atoms with E-state index in [2.05, 4.69) is 54.9 Å². The van der Waals surface area contributed by atoms with E-state index in [0.717, 1.165) is 54.8 Å². The highest BCUT2D eigenvalue weighted by molar-refractivity contribution is 5.95. The summed E-state index contributed by atoms with van der Waals surface area (Å²) < 4.78 is 24.4. The van der Waals surface area contributed by atoms with Gasteiger partial charge in [-0.3, -0.25) is 4.79 Å². The molecule has 0 bridgehead atoms. The van der Waals surface area contributed by atoms with Crippen molar-refractivity contribution < 1.29 is 23.7 Å². The first kappa shape index (κ1) is 30.8. The predicted octanol–water partition coefficient (Wildman–Crippen LogP) is 6.58. The summed E-state index contributed by atoms with van der Waals surface area (Å²) >= 11 is 0. The van der Waals surface area contributed by atoms with Crippen LogP contribution in [0.3, 0.4) is 0 Å². The molecule has 0 saturated carbocycles. The van der Waals surface area contributed by atoms with Crippen LogP contribution < -0.4 is 24.3 Å². The van der Waals surface area contributed by atoms with Crippen molar-refractivity contribution in [3.63, 3.8) is 0 Å². The summed E-state index contributed by atoms with van der Waals surface area (Å²) in [6.45, 7) is 8.50. The summed E-state index contributed by atoms with van der Waals surface area (Å²) in [6, 6.07) is 19.9. The molecule has 224 valence electrons. The third-order valence-corrected chi connectivity index (χ3v) is 7.33. The van der Waals surface area contributed by atoms with Gasteiger partial charge >= 0.3 is 0 Å². The molecule has 0 aliphatic heterocycles. The summed E-state index contributed by atoms with van der Waals surface area (Å²) in [6.07, 6.45) is 3.66. The number of unbranched alkanes of at least 4 members (excludes halogenated alkanes) is 2. The number of carbonyl (C=O) groups excluding carboxylic acids is 1. The van der Waals surface area contributed by atoms with Crippen LogP contribution in [0.25, 0.3) is 11.0 Å². The summed E-state index contributed by atoms with van der Waals surface area (Å²) in [5.41, 5.74) is 3.99. The minimum atomic E-state index is -0.177. The predicted molar refractivity (Wildman–Crippen MR) is 166 cm³/mol. The van der Waals surface area contributed by atoms with E-state index in [1.807, 2.05) is 24.3 Å². The Bertz CT molecular complexity index is 1450. The van der Waals surface area contributed by atoms with Crippen LogP contribution in [0.5, 0.6) is 23.0 Å². The van der Waals surface area contributed by atoms with E-state index in [1.54, 1.807) is 12.1 Å². The van der Waals surface area contributed by atoms with E-state index in [9.17, 15) is 4.79 Å². The molecule has 8 heteroatoms. The lowest BCUT2D eigenvalue weighted by Crippen LogP contribution is -2.24. The molecule has 0 unspecified atom stereocenters. The number of nitrogens with one attached hydrogen (secondary N) is 1. The van der Waals surface area contributed by atoms with E-state index in [4.69, 9.17) is 23.9 Å². The van der Waals surface area contributed by atoms with Crippen molar-refractivity contribution in [2.24, 2.45) is 0 Å². The third kappa shape index (κ3) is 7.55. The van der Waals surface area contributed by atoms with Crippen LogP contribution in [-0.4, -0.2) is 49.9 Å². The van der Waals surface area contributed by atoms with Gasteiger partial charge in [0.15, 0.2) is 11.5 Å². The van der Waals surface area contributed by atoms with Gasteiger partial charge in [0, 0.05) is 18.5 Å². The summed E-state index contributed by atoms with van der Waals surface area (Å²) in [5.74, 6) is 3.13.